The van der Waals surface area contributed by atoms with Crippen LogP contribution < -0.4 is 5.32 Å². The fourth-order valence-electron chi connectivity index (χ4n) is 2.37. The molecule has 0 amide bonds. The smallest absolute Gasteiger partial charge is 0.323 e. The Morgan fingerprint density at radius 2 is 1.89 bits per heavy atom. The highest BCUT2D eigenvalue weighted by atomic mass is 16.4. The molecule has 1 unspecified atom stereocenters. The first-order valence-electron chi connectivity index (χ1n) is 7.59. The van der Waals surface area contributed by atoms with Gasteiger partial charge in [0.2, 0.25) is 0 Å². The quantitative estimate of drug-likeness (QED) is 0.568. The Kier molecular flexibility index (Phi) is 9.02. The lowest BCUT2D eigenvalue weighted by molar-refractivity contribution is -0.144. The van der Waals surface area contributed by atoms with Crippen molar-refractivity contribution in [1.29, 1.82) is 0 Å². The highest BCUT2D eigenvalue weighted by Gasteiger charge is 2.31. The van der Waals surface area contributed by atoms with Gasteiger partial charge in [-0.05, 0) is 66.1 Å². The number of nitrogens with one attached hydrogen (secondary N) is 1. The van der Waals surface area contributed by atoms with E-state index in [1.807, 2.05) is 6.92 Å². The molecule has 114 valence electrons. The van der Waals surface area contributed by atoms with Gasteiger partial charge in [-0.3, -0.25) is 4.79 Å². The zero-order chi connectivity index (χ0) is 14.9. The lowest BCUT2D eigenvalue weighted by atomic mass is 9.94. The van der Waals surface area contributed by atoms with E-state index in [0.29, 0.717) is 19.0 Å². The van der Waals surface area contributed by atoms with Crippen LogP contribution in [0, 0.1) is 0 Å². The zero-order valence-corrected chi connectivity index (χ0v) is 13.3. The molecule has 0 aromatic carbocycles. The van der Waals surface area contributed by atoms with Gasteiger partial charge in [-0.1, -0.05) is 13.8 Å². The Morgan fingerprint density at radius 3 is 2.32 bits per heavy atom. The van der Waals surface area contributed by atoms with Crippen LogP contribution in [0.4, 0.5) is 0 Å². The summed E-state index contributed by atoms with van der Waals surface area (Å²) in [5.74, 6) is -0.747. The average molecular weight is 272 g/mol. The van der Waals surface area contributed by atoms with Crippen molar-refractivity contribution >= 4 is 5.97 Å². The summed E-state index contributed by atoms with van der Waals surface area (Å²) in [5, 5.41) is 12.4. The van der Waals surface area contributed by atoms with Gasteiger partial charge < -0.3 is 15.3 Å². The fourth-order valence-corrected chi connectivity index (χ4v) is 2.37. The number of hydrogen-bond donors (Lipinski definition) is 2. The van der Waals surface area contributed by atoms with Crippen molar-refractivity contribution < 1.29 is 9.90 Å². The standard InChI is InChI=1S/C15H32N2O2/c1-6-11-17(13(3)4)12-9-8-10-15(5,14(18)19)16-7-2/h13,16H,6-12H2,1-5H3,(H,18,19). The fraction of sp³-hybridized carbons (Fsp3) is 0.933. The van der Waals surface area contributed by atoms with Crippen LogP contribution >= 0.6 is 0 Å². The summed E-state index contributed by atoms with van der Waals surface area (Å²) in [5.41, 5.74) is -0.776. The molecule has 4 heteroatoms. The van der Waals surface area contributed by atoms with Gasteiger partial charge in [0.25, 0.3) is 0 Å². The molecule has 0 saturated carbocycles. The first-order valence-corrected chi connectivity index (χ1v) is 7.59. The number of carboxylic acids is 1. The molecule has 0 fully saturated rings. The maximum absolute atomic E-state index is 11.3. The Balaban J connectivity index is 4.09. The molecule has 19 heavy (non-hydrogen) atoms. The van der Waals surface area contributed by atoms with E-state index in [2.05, 4.69) is 31.0 Å². The normalized spacial score (nSPS) is 14.9. The van der Waals surface area contributed by atoms with Gasteiger partial charge in [-0.2, -0.15) is 0 Å². The molecule has 2 N–H and O–H groups in total. The number of carboxylic acid groups (broad SMARTS) is 1. The van der Waals surface area contributed by atoms with Crippen LogP contribution in [0.1, 0.15) is 60.3 Å². The molecule has 0 saturated heterocycles. The lowest BCUT2D eigenvalue weighted by Gasteiger charge is -2.28. The van der Waals surface area contributed by atoms with Gasteiger partial charge in [0.1, 0.15) is 5.54 Å². The third-order valence-electron chi connectivity index (χ3n) is 3.65. The molecule has 0 radical (unpaired) electrons. The molecule has 0 aliphatic carbocycles. The molecule has 0 aliphatic rings. The van der Waals surface area contributed by atoms with Crippen LogP contribution in [0.5, 0.6) is 0 Å². The van der Waals surface area contributed by atoms with Crippen LogP contribution in [-0.4, -0.2) is 47.2 Å². The second-order valence-electron chi connectivity index (χ2n) is 5.75. The molecule has 4 nitrogen and oxygen atoms in total. The highest BCUT2D eigenvalue weighted by molar-refractivity contribution is 5.78. The molecule has 1 atom stereocenters. The van der Waals surface area contributed by atoms with E-state index in [9.17, 15) is 9.90 Å². The van der Waals surface area contributed by atoms with Crippen molar-refractivity contribution in [3.05, 3.63) is 0 Å². The molecule has 0 spiro atoms. The number of rotatable bonds is 11. The summed E-state index contributed by atoms with van der Waals surface area (Å²) in [6.07, 6.45) is 3.87. The number of unbranched alkanes of at least 4 members (excludes halogenated alkanes) is 1. The Hall–Kier alpha value is -0.610. The number of nitrogens with zero attached hydrogens (tertiary/aromatic N) is 1. The van der Waals surface area contributed by atoms with Crippen LogP contribution in [0.25, 0.3) is 0 Å². The zero-order valence-electron chi connectivity index (χ0n) is 13.3. The molecular weight excluding hydrogens is 240 g/mol. The van der Waals surface area contributed by atoms with Crippen LogP contribution in [-0.2, 0) is 4.79 Å². The lowest BCUT2D eigenvalue weighted by Crippen LogP contribution is -2.49. The third kappa shape index (κ3) is 6.92. The highest BCUT2D eigenvalue weighted by Crippen LogP contribution is 2.15. The molecule has 0 rings (SSSR count). The summed E-state index contributed by atoms with van der Waals surface area (Å²) in [6.45, 7) is 13.2. The summed E-state index contributed by atoms with van der Waals surface area (Å²) in [6, 6.07) is 0.569. The van der Waals surface area contributed by atoms with E-state index in [1.165, 1.54) is 6.42 Å². The molecular formula is C15H32N2O2. The van der Waals surface area contributed by atoms with E-state index in [4.69, 9.17) is 0 Å². The monoisotopic (exact) mass is 272 g/mol. The average Bonchev–Trinajstić information content (AvgIpc) is 2.33. The van der Waals surface area contributed by atoms with E-state index in [1.54, 1.807) is 6.92 Å². The van der Waals surface area contributed by atoms with Crippen LogP contribution in [0.15, 0.2) is 0 Å². The van der Waals surface area contributed by atoms with Gasteiger partial charge in [0.05, 0.1) is 0 Å². The maximum atomic E-state index is 11.3. The Morgan fingerprint density at radius 1 is 1.26 bits per heavy atom. The van der Waals surface area contributed by atoms with Crippen molar-refractivity contribution in [3.63, 3.8) is 0 Å². The van der Waals surface area contributed by atoms with Gasteiger partial charge >= 0.3 is 5.97 Å². The van der Waals surface area contributed by atoms with Crippen molar-refractivity contribution in [2.24, 2.45) is 0 Å². The van der Waals surface area contributed by atoms with E-state index < -0.39 is 11.5 Å². The van der Waals surface area contributed by atoms with Crippen molar-refractivity contribution in [1.82, 2.24) is 10.2 Å². The molecule has 0 heterocycles. The summed E-state index contributed by atoms with van der Waals surface area (Å²) in [4.78, 5) is 13.7. The largest absolute Gasteiger partial charge is 0.480 e. The van der Waals surface area contributed by atoms with Gasteiger partial charge in [-0.25, -0.2) is 0 Å². The van der Waals surface area contributed by atoms with E-state index >= 15 is 0 Å². The molecule has 0 aliphatic heterocycles. The summed E-state index contributed by atoms with van der Waals surface area (Å²) < 4.78 is 0. The molecule has 0 aromatic rings. The first-order chi connectivity index (χ1) is 8.87. The molecule has 0 bridgehead atoms. The van der Waals surface area contributed by atoms with Crippen molar-refractivity contribution in [2.75, 3.05) is 19.6 Å². The minimum atomic E-state index is -0.776. The number of carbonyl (C=O) groups is 1. The number of hydrogen-bond acceptors (Lipinski definition) is 3. The topological polar surface area (TPSA) is 52.6 Å². The predicted molar refractivity (Wildman–Crippen MR) is 80.6 cm³/mol. The summed E-state index contributed by atoms with van der Waals surface area (Å²) >= 11 is 0. The SMILES string of the molecule is CCCN(CCCCC(C)(NCC)C(=O)O)C(C)C. The second kappa shape index (κ2) is 9.32. The molecule has 0 aromatic heterocycles. The first kappa shape index (κ1) is 18.4. The van der Waals surface area contributed by atoms with Crippen LogP contribution in [0.2, 0.25) is 0 Å². The third-order valence-corrected chi connectivity index (χ3v) is 3.65. The minimum Gasteiger partial charge on any atom is -0.480 e. The van der Waals surface area contributed by atoms with Crippen LogP contribution in [0.3, 0.4) is 0 Å². The minimum absolute atomic E-state index is 0.569. The van der Waals surface area contributed by atoms with Crippen molar-refractivity contribution in [2.45, 2.75) is 71.9 Å². The predicted octanol–water partition coefficient (Wildman–Crippen LogP) is 2.73. The van der Waals surface area contributed by atoms with Gasteiger partial charge in [0.15, 0.2) is 0 Å². The summed E-state index contributed by atoms with van der Waals surface area (Å²) in [7, 11) is 0. The number of likely N-dealkylation sites (N-methyl/N-ethyl adjacent to an activating group) is 1. The van der Waals surface area contributed by atoms with Gasteiger partial charge in [0, 0.05) is 6.04 Å². The van der Waals surface area contributed by atoms with Gasteiger partial charge in [-0.15, -0.1) is 0 Å². The number of aliphatic carboxylic acids is 1. The maximum Gasteiger partial charge on any atom is 0.323 e. The van der Waals surface area contributed by atoms with E-state index in [-0.39, 0.29) is 0 Å². The Bertz CT molecular complexity index is 257. The van der Waals surface area contributed by atoms with E-state index in [0.717, 1.165) is 25.9 Å². The second-order valence-corrected chi connectivity index (χ2v) is 5.75. The Labute approximate surface area is 118 Å². The van der Waals surface area contributed by atoms with Crippen molar-refractivity contribution in [3.8, 4) is 0 Å².